The molecule has 1 atom stereocenters. The van der Waals surface area contributed by atoms with Gasteiger partial charge in [0.2, 0.25) is 10.0 Å². The molecule has 1 aliphatic heterocycles. The molecule has 0 amide bonds. The van der Waals surface area contributed by atoms with Crippen LogP contribution in [0.15, 0.2) is 12.1 Å². The zero-order valence-corrected chi connectivity index (χ0v) is 12.9. The Hall–Kier alpha value is -1.38. The first-order valence-corrected chi connectivity index (χ1v) is 8.38. The SMILES string of the molecule is Cc1cc(Cl)c([N+](=O)[O-])cc1NS(=O)(=O)C[C@H]1CCCO1. The second-order valence-corrected chi connectivity index (χ2v) is 7.07. The average molecular weight is 335 g/mol. The molecule has 1 aromatic carbocycles. The molecule has 9 heteroatoms. The summed E-state index contributed by atoms with van der Waals surface area (Å²) in [5, 5.41) is 10.8. The van der Waals surface area contributed by atoms with Crippen molar-refractivity contribution in [3.05, 3.63) is 32.8 Å². The van der Waals surface area contributed by atoms with Gasteiger partial charge < -0.3 is 4.74 Å². The largest absolute Gasteiger partial charge is 0.377 e. The lowest BCUT2D eigenvalue weighted by Gasteiger charge is -2.13. The van der Waals surface area contributed by atoms with Gasteiger partial charge in [-0.15, -0.1) is 0 Å². The predicted octanol–water partition coefficient (Wildman–Crippen LogP) is 2.48. The Balaban J connectivity index is 2.21. The van der Waals surface area contributed by atoms with E-state index in [9.17, 15) is 18.5 Å². The minimum atomic E-state index is -3.64. The Kier molecular flexibility index (Phi) is 4.70. The molecule has 1 heterocycles. The van der Waals surface area contributed by atoms with E-state index in [1.54, 1.807) is 6.92 Å². The number of nitrogens with zero attached hydrogens (tertiary/aromatic N) is 1. The first-order valence-electron chi connectivity index (χ1n) is 6.35. The van der Waals surface area contributed by atoms with E-state index >= 15 is 0 Å². The van der Waals surface area contributed by atoms with Crippen LogP contribution in [0.4, 0.5) is 11.4 Å². The lowest BCUT2D eigenvalue weighted by molar-refractivity contribution is -0.384. The van der Waals surface area contributed by atoms with Gasteiger partial charge in [-0.05, 0) is 31.4 Å². The summed E-state index contributed by atoms with van der Waals surface area (Å²) >= 11 is 5.77. The maximum absolute atomic E-state index is 12.1. The lowest BCUT2D eigenvalue weighted by Crippen LogP contribution is -2.26. The van der Waals surface area contributed by atoms with Gasteiger partial charge in [-0.1, -0.05) is 11.6 Å². The molecule has 0 aromatic heterocycles. The molecule has 1 saturated heterocycles. The number of anilines is 1. The van der Waals surface area contributed by atoms with E-state index in [1.807, 2.05) is 0 Å². The van der Waals surface area contributed by atoms with Crippen molar-refractivity contribution in [1.82, 2.24) is 0 Å². The van der Waals surface area contributed by atoms with Crippen molar-refractivity contribution in [2.45, 2.75) is 25.9 Å². The van der Waals surface area contributed by atoms with Crippen LogP contribution in [0.1, 0.15) is 18.4 Å². The number of ether oxygens (including phenoxy) is 1. The minimum Gasteiger partial charge on any atom is -0.377 e. The molecule has 0 spiro atoms. The first-order chi connectivity index (χ1) is 9.78. The number of nitrogens with one attached hydrogen (secondary N) is 1. The lowest BCUT2D eigenvalue weighted by atomic mass is 10.2. The molecule has 0 unspecified atom stereocenters. The molecule has 1 aromatic rings. The Morgan fingerprint density at radius 1 is 1.52 bits per heavy atom. The van der Waals surface area contributed by atoms with E-state index in [1.165, 1.54) is 6.07 Å². The van der Waals surface area contributed by atoms with Crippen molar-refractivity contribution in [3.63, 3.8) is 0 Å². The number of benzene rings is 1. The van der Waals surface area contributed by atoms with E-state index in [0.717, 1.165) is 12.5 Å². The van der Waals surface area contributed by atoms with Gasteiger partial charge in [-0.3, -0.25) is 14.8 Å². The normalized spacial score (nSPS) is 18.7. The van der Waals surface area contributed by atoms with Crippen molar-refractivity contribution < 1.29 is 18.1 Å². The molecular weight excluding hydrogens is 320 g/mol. The van der Waals surface area contributed by atoms with Crippen molar-refractivity contribution in [1.29, 1.82) is 0 Å². The third-order valence-electron chi connectivity index (χ3n) is 3.19. The third kappa shape index (κ3) is 4.05. The van der Waals surface area contributed by atoms with E-state index in [2.05, 4.69) is 4.72 Å². The smallest absolute Gasteiger partial charge is 0.289 e. The van der Waals surface area contributed by atoms with Crippen LogP contribution in [0.25, 0.3) is 0 Å². The summed E-state index contributed by atoms with van der Waals surface area (Å²) in [4.78, 5) is 10.2. The van der Waals surface area contributed by atoms with Crippen LogP contribution in [0.5, 0.6) is 0 Å². The molecule has 21 heavy (non-hydrogen) atoms. The van der Waals surface area contributed by atoms with Crippen molar-refractivity contribution >= 4 is 33.0 Å². The molecule has 116 valence electrons. The van der Waals surface area contributed by atoms with Gasteiger partial charge >= 0.3 is 0 Å². The second-order valence-electron chi connectivity index (χ2n) is 4.89. The monoisotopic (exact) mass is 334 g/mol. The number of aryl methyl sites for hydroxylation is 1. The van der Waals surface area contributed by atoms with Crippen molar-refractivity contribution in [2.75, 3.05) is 17.1 Å². The van der Waals surface area contributed by atoms with Crippen molar-refractivity contribution in [3.8, 4) is 0 Å². The molecule has 2 rings (SSSR count). The maximum Gasteiger partial charge on any atom is 0.289 e. The van der Waals surface area contributed by atoms with Gasteiger partial charge in [0, 0.05) is 12.7 Å². The molecule has 0 saturated carbocycles. The predicted molar refractivity (Wildman–Crippen MR) is 79.2 cm³/mol. The van der Waals surface area contributed by atoms with E-state index in [0.29, 0.717) is 18.6 Å². The molecule has 1 fully saturated rings. The Labute approximate surface area is 127 Å². The van der Waals surface area contributed by atoms with Gasteiger partial charge in [0.25, 0.3) is 5.69 Å². The first kappa shape index (κ1) is 16.0. The van der Waals surface area contributed by atoms with Gasteiger partial charge in [0.15, 0.2) is 0 Å². The summed E-state index contributed by atoms with van der Waals surface area (Å²) in [7, 11) is -3.64. The zero-order valence-electron chi connectivity index (χ0n) is 11.3. The third-order valence-corrected chi connectivity index (χ3v) is 4.83. The number of rotatable bonds is 5. The zero-order chi connectivity index (χ0) is 15.6. The van der Waals surface area contributed by atoms with E-state index in [4.69, 9.17) is 16.3 Å². The number of sulfonamides is 1. The van der Waals surface area contributed by atoms with Gasteiger partial charge in [-0.2, -0.15) is 0 Å². The van der Waals surface area contributed by atoms with Gasteiger partial charge in [0.05, 0.1) is 22.5 Å². The van der Waals surface area contributed by atoms with E-state index in [-0.39, 0.29) is 28.3 Å². The fourth-order valence-corrected chi connectivity index (χ4v) is 3.82. The summed E-state index contributed by atoms with van der Waals surface area (Å²) in [6, 6.07) is 2.49. The van der Waals surface area contributed by atoms with Gasteiger partial charge in [0.1, 0.15) is 5.02 Å². The highest BCUT2D eigenvalue weighted by molar-refractivity contribution is 7.92. The summed E-state index contributed by atoms with van der Waals surface area (Å²) in [5.74, 6) is -0.164. The topological polar surface area (TPSA) is 98.5 Å². The summed E-state index contributed by atoms with van der Waals surface area (Å²) in [6.07, 6.45) is 1.21. The summed E-state index contributed by atoms with van der Waals surface area (Å²) in [6.45, 7) is 2.19. The van der Waals surface area contributed by atoms with Crippen molar-refractivity contribution in [2.24, 2.45) is 0 Å². The highest BCUT2D eigenvalue weighted by Gasteiger charge is 2.25. The molecule has 0 aliphatic carbocycles. The number of halogens is 1. The Morgan fingerprint density at radius 2 is 2.24 bits per heavy atom. The quantitative estimate of drug-likeness (QED) is 0.658. The summed E-state index contributed by atoms with van der Waals surface area (Å²) < 4.78 is 31.8. The van der Waals surface area contributed by atoms with Crippen LogP contribution in [0.3, 0.4) is 0 Å². The van der Waals surface area contributed by atoms with Crippen LogP contribution >= 0.6 is 11.6 Å². The Bertz CT molecular complexity index is 656. The molecule has 1 N–H and O–H groups in total. The molecule has 0 radical (unpaired) electrons. The highest BCUT2D eigenvalue weighted by atomic mass is 35.5. The van der Waals surface area contributed by atoms with Crippen LogP contribution in [0, 0.1) is 17.0 Å². The maximum atomic E-state index is 12.1. The fraction of sp³-hybridized carbons (Fsp3) is 0.500. The standard InChI is InChI=1S/C12H15ClN2O5S/c1-8-5-10(13)12(15(16)17)6-11(8)14-21(18,19)7-9-3-2-4-20-9/h5-6,9,14H,2-4,7H2,1H3/t9-/m1/s1. The molecule has 0 bridgehead atoms. The Morgan fingerprint density at radius 3 is 2.81 bits per heavy atom. The van der Waals surface area contributed by atoms with Crippen LogP contribution in [-0.4, -0.2) is 31.8 Å². The highest BCUT2D eigenvalue weighted by Crippen LogP contribution is 2.31. The molecular formula is C12H15ClN2O5S. The van der Waals surface area contributed by atoms with Gasteiger partial charge in [-0.25, -0.2) is 8.42 Å². The number of hydrogen-bond acceptors (Lipinski definition) is 5. The van der Waals surface area contributed by atoms with E-state index < -0.39 is 14.9 Å². The number of nitro benzene ring substituents is 1. The number of hydrogen-bond donors (Lipinski definition) is 1. The molecule has 1 aliphatic rings. The van der Waals surface area contributed by atoms with Crippen LogP contribution < -0.4 is 4.72 Å². The minimum absolute atomic E-state index is 0.0282. The van der Waals surface area contributed by atoms with Crippen LogP contribution in [0.2, 0.25) is 5.02 Å². The van der Waals surface area contributed by atoms with Crippen LogP contribution in [-0.2, 0) is 14.8 Å². The average Bonchev–Trinajstić information content (AvgIpc) is 2.84. The second kappa shape index (κ2) is 6.17. The number of nitro groups is 1. The summed E-state index contributed by atoms with van der Waals surface area (Å²) in [5.41, 5.74) is 0.336. The fourth-order valence-electron chi connectivity index (χ4n) is 2.14. The molecule has 7 nitrogen and oxygen atoms in total.